The second-order valence-corrected chi connectivity index (χ2v) is 13.4. The Morgan fingerprint density at radius 2 is 1.42 bits per heavy atom. The number of hydrogen-bond donors (Lipinski definition) is 1. The van der Waals surface area contributed by atoms with E-state index in [1.165, 1.54) is 19.3 Å². The van der Waals surface area contributed by atoms with E-state index in [0.29, 0.717) is 29.4 Å². The van der Waals surface area contributed by atoms with Crippen LogP contribution in [-0.4, -0.2) is 56.3 Å². The Balaban J connectivity index is 1.30. The summed E-state index contributed by atoms with van der Waals surface area (Å²) in [5, 5.41) is 10.0. The molecule has 6 nitrogen and oxygen atoms in total. The molecule has 0 aromatic heterocycles. The first-order chi connectivity index (χ1) is 17.3. The minimum absolute atomic E-state index is 0.124. The summed E-state index contributed by atoms with van der Waals surface area (Å²) in [6, 6.07) is 0. The van der Waals surface area contributed by atoms with Crippen molar-refractivity contribution in [3.05, 3.63) is 11.3 Å². The Kier molecular flexibility index (Phi) is 7.52. The average molecular weight is 505 g/mol. The first-order valence-corrected chi connectivity index (χ1v) is 14.6. The highest BCUT2D eigenvalue weighted by molar-refractivity contribution is 5.86. The van der Waals surface area contributed by atoms with E-state index < -0.39 is 5.97 Å². The predicted molar refractivity (Wildman–Crippen MR) is 138 cm³/mol. The Hall–Kier alpha value is -1.11. The van der Waals surface area contributed by atoms with Crippen LogP contribution in [0.2, 0.25) is 0 Å². The van der Waals surface area contributed by atoms with Crippen LogP contribution in [0.1, 0.15) is 97.8 Å². The first kappa shape index (κ1) is 26.5. The molecule has 0 aromatic rings. The van der Waals surface area contributed by atoms with Crippen molar-refractivity contribution in [3.8, 4) is 0 Å². The van der Waals surface area contributed by atoms with Crippen molar-refractivity contribution in [1.29, 1.82) is 0 Å². The van der Waals surface area contributed by atoms with E-state index in [0.717, 1.165) is 96.6 Å². The molecule has 2 atom stereocenters. The van der Waals surface area contributed by atoms with Crippen LogP contribution < -0.4 is 0 Å². The van der Waals surface area contributed by atoms with Crippen LogP contribution in [0.25, 0.3) is 0 Å². The van der Waals surface area contributed by atoms with Crippen molar-refractivity contribution in [2.45, 2.75) is 103 Å². The third-order valence-electron chi connectivity index (χ3n) is 10.3. The SMILES string of the molecule is CCCC1(CCOC(=C(C)C(=O)O)C23CC4CC(CC(OCCC5(CCC)COC5)(C4)C2)C3)COC1. The Morgan fingerprint density at radius 1 is 0.861 bits per heavy atom. The van der Waals surface area contributed by atoms with Crippen LogP contribution in [-0.2, 0) is 23.7 Å². The lowest BCUT2D eigenvalue weighted by atomic mass is 9.47. The van der Waals surface area contributed by atoms with Gasteiger partial charge in [-0.25, -0.2) is 4.79 Å². The largest absolute Gasteiger partial charge is 0.497 e. The van der Waals surface area contributed by atoms with Crippen molar-refractivity contribution in [1.82, 2.24) is 0 Å². The normalized spacial score (nSPS) is 36.1. The van der Waals surface area contributed by atoms with Gasteiger partial charge in [-0.15, -0.1) is 0 Å². The van der Waals surface area contributed by atoms with E-state index in [-0.39, 0.29) is 16.4 Å². The second kappa shape index (κ2) is 10.2. The number of rotatable bonds is 14. The average Bonchev–Trinajstić information content (AvgIpc) is 2.76. The quantitative estimate of drug-likeness (QED) is 0.227. The fourth-order valence-corrected chi connectivity index (χ4v) is 8.89. The minimum atomic E-state index is -0.850. The molecule has 6 heteroatoms. The molecule has 6 fully saturated rings. The highest BCUT2D eigenvalue weighted by Gasteiger charge is 2.61. The molecule has 0 amide bonds. The molecular weight excluding hydrogens is 456 g/mol. The van der Waals surface area contributed by atoms with E-state index in [4.69, 9.17) is 18.9 Å². The number of ether oxygens (including phenoxy) is 4. The van der Waals surface area contributed by atoms with Gasteiger partial charge in [-0.1, -0.05) is 26.7 Å². The lowest BCUT2D eigenvalue weighted by molar-refractivity contribution is -0.205. The lowest BCUT2D eigenvalue weighted by Crippen LogP contribution is -2.58. The summed E-state index contributed by atoms with van der Waals surface area (Å²) < 4.78 is 24.5. The Morgan fingerprint density at radius 3 is 1.89 bits per heavy atom. The van der Waals surface area contributed by atoms with Crippen LogP contribution >= 0.6 is 0 Å². The standard InChI is InChI=1S/C30H48O6/c1-4-6-27(18-33-19-27)8-10-35-25(22(3)26(31)32)29-13-23-12-24(14-29)16-30(15-23,17-29)36-11-9-28(7-5-2)20-34-21-28/h23-24H,4-21H2,1-3H3,(H,31,32). The molecule has 6 rings (SSSR count). The Labute approximate surface area is 217 Å². The van der Waals surface area contributed by atoms with Crippen LogP contribution in [0.3, 0.4) is 0 Å². The zero-order valence-electron chi connectivity index (χ0n) is 22.9. The summed E-state index contributed by atoms with van der Waals surface area (Å²) in [7, 11) is 0. The molecule has 4 bridgehead atoms. The second-order valence-electron chi connectivity index (χ2n) is 13.4. The summed E-state index contributed by atoms with van der Waals surface area (Å²) in [4.78, 5) is 12.2. The number of hydrogen-bond acceptors (Lipinski definition) is 5. The van der Waals surface area contributed by atoms with E-state index in [1.807, 2.05) is 0 Å². The molecule has 204 valence electrons. The molecular formula is C30H48O6. The highest BCUT2D eigenvalue weighted by atomic mass is 16.5. The van der Waals surface area contributed by atoms with Gasteiger partial charge in [0.2, 0.25) is 0 Å². The maximum atomic E-state index is 12.2. The molecule has 0 radical (unpaired) electrons. The zero-order chi connectivity index (χ0) is 25.4. The molecule has 2 unspecified atom stereocenters. The van der Waals surface area contributed by atoms with E-state index in [1.54, 1.807) is 6.92 Å². The van der Waals surface area contributed by atoms with Gasteiger partial charge in [-0.05, 0) is 83.0 Å². The third-order valence-corrected chi connectivity index (χ3v) is 10.3. The summed E-state index contributed by atoms with van der Waals surface area (Å²) >= 11 is 0. The van der Waals surface area contributed by atoms with E-state index in [9.17, 15) is 9.90 Å². The summed E-state index contributed by atoms with van der Waals surface area (Å²) in [6.07, 6.45) is 13.2. The van der Waals surface area contributed by atoms with Crippen molar-refractivity contribution in [2.75, 3.05) is 39.6 Å². The van der Waals surface area contributed by atoms with Crippen LogP contribution in [0.15, 0.2) is 11.3 Å². The van der Waals surface area contributed by atoms with Gasteiger partial charge in [0.1, 0.15) is 5.76 Å². The lowest BCUT2D eigenvalue weighted by Gasteiger charge is -2.62. The molecule has 1 N–H and O–H groups in total. The topological polar surface area (TPSA) is 74.2 Å². The summed E-state index contributed by atoms with van der Waals surface area (Å²) in [5.41, 5.74) is 0.600. The van der Waals surface area contributed by atoms with Gasteiger partial charge in [-0.2, -0.15) is 0 Å². The number of carboxylic acid groups (broad SMARTS) is 1. The fourth-order valence-electron chi connectivity index (χ4n) is 8.89. The van der Waals surface area contributed by atoms with Gasteiger partial charge in [-0.3, -0.25) is 0 Å². The van der Waals surface area contributed by atoms with Gasteiger partial charge in [0.15, 0.2) is 0 Å². The maximum absolute atomic E-state index is 12.2. The minimum Gasteiger partial charge on any atom is -0.497 e. The van der Waals surface area contributed by atoms with Crippen LogP contribution in [0.5, 0.6) is 0 Å². The molecule has 4 saturated carbocycles. The van der Waals surface area contributed by atoms with E-state index >= 15 is 0 Å². The zero-order valence-corrected chi connectivity index (χ0v) is 22.9. The van der Waals surface area contributed by atoms with Gasteiger partial charge in [0, 0.05) is 22.9 Å². The number of carboxylic acids is 1. The van der Waals surface area contributed by atoms with Crippen molar-refractivity contribution >= 4 is 5.97 Å². The van der Waals surface area contributed by atoms with Gasteiger partial charge in [0.25, 0.3) is 0 Å². The van der Waals surface area contributed by atoms with Crippen LogP contribution in [0.4, 0.5) is 0 Å². The van der Waals surface area contributed by atoms with E-state index in [2.05, 4.69) is 13.8 Å². The molecule has 36 heavy (non-hydrogen) atoms. The summed E-state index contributed by atoms with van der Waals surface area (Å²) in [5.74, 6) is 1.13. The summed E-state index contributed by atoms with van der Waals surface area (Å²) in [6.45, 7) is 10.9. The number of carbonyl (C=O) groups is 1. The molecule has 0 aromatic carbocycles. The molecule has 0 spiro atoms. The maximum Gasteiger partial charge on any atom is 0.334 e. The highest BCUT2D eigenvalue weighted by Crippen LogP contribution is 2.66. The van der Waals surface area contributed by atoms with Crippen LogP contribution in [0, 0.1) is 28.1 Å². The van der Waals surface area contributed by atoms with Gasteiger partial charge < -0.3 is 24.1 Å². The molecule has 2 aliphatic heterocycles. The smallest absolute Gasteiger partial charge is 0.334 e. The molecule has 6 aliphatic rings. The van der Waals surface area contributed by atoms with Crippen molar-refractivity contribution in [2.24, 2.45) is 28.1 Å². The van der Waals surface area contributed by atoms with Gasteiger partial charge in [0.05, 0.1) is 44.2 Å². The molecule has 4 aliphatic carbocycles. The monoisotopic (exact) mass is 504 g/mol. The fraction of sp³-hybridized carbons (Fsp3) is 0.900. The third kappa shape index (κ3) is 4.99. The molecule has 2 saturated heterocycles. The predicted octanol–water partition coefficient (Wildman–Crippen LogP) is 6.13. The van der Waals surface area contributed by atoms with Crippen molar-refractivity contribution in [3.63, 3.8) is 0 Å². The Bertz CT molecular complexity index is 824. The van der Waals surface area contributed by atoms with Crippen molar-refractivity contribution < 1.29 is 28.8 Å². The first-order valence-electron chi connectivity index (χ1n) is 14.6. The molecule has 2 heterocycles. The van der Waals surface area contributed by atoms with Gasteiger partial charge >= 0.3 is 5.97 Å². The number of allylic oxidation sites excluding steroid dienone is 1. The number of aliphatic carboxylic acids is 1.